The summed E-state index contributed by atoms with van der Waals surface area (Å²) in [6, 6.07) is 7.44. The number of ether oxygens (including phenoxy) is 1. The molecule has 21 heavy (non-hydrogen) atoms. The Bertz CT molecular complexity index is 480. The Hall–Kier alpha value is -1.66. The van der Waals surface area contributed by atoms with E-state index in [1.165, 1.54) is 0 Å². The lowest BCUT2D eigenvalue weighted by Crippen LogP contribution is -2.36. The number of rotatable bonds is 9. The molecule has 1 aromatic rings. The van der Waals surface area contributed by atoms with Gasteiger partial charge in [-0.05, 0) is 25.1 Å². The van der Waals surface area contributed by atoms with Gasteiger partial charge in [0.15, 0.2) is 0 Å². The number of amides is 1. The molecule has 0 aliphatic heterocycles. The highest BCUT2D eigenvalue weighted by Gasteiger charge is 2.07. The SMILES string of the molecule is CCN(CCCOc1cccc(C(N)=S)c1)CC(=O)NC. The van der Waals surface area contributed by atoms with Crippen molar-refractivity contribution in [1.82, 2.24) is 10.2 Å². The fourth-order valence-electron chi connectivity index (χ4n) is 1.85. The van der Waals surface area contributed by atoms with Crippen LogP contribution in [0.15, 0.2) is 24.3 Å². The summed E-state index contributed by atoms with van der Waals surface area (Å²) in [7, 11) is 1.65. The van der Waals surface area contributed by atoms with Crippen molar-refractivity contribution in [2.75, 3.05) is 33.3 Å². The second-order valence-corrected chi connectivity index (χ2v) is 5.08. The van der Waals surface area contributed by atoms with Crippen molar-refractivity contribution in [1.29, 1.82) is 0 Å². The third-order valence-corrected chi connectivity index (χ3v) is 3.33. The summed E-state index contributed by atoms with van der Waals surface area (Å²) in [4.78, 5) is 13.8. The van der Waals surface area contributed by atoms with Crippen molar-refractivity contribution in [3.8, 4) is 5.75 Å². The molecule has 0 aromatic heterocycles. The maximum atomic E-state index is 11.3. The third kappa shape index (κ3) is 6.55. The Balaban J connectivity index is 2.34. The zero-order valence-corrected chi connectivity index (χ0v) is 13.4. The highest BCUT2D eigenvalue weighted by molar-refractivity contribution is 7.80. The van der Waals surface area contributed by atoms with E-state index in [9.17, 15) is 4.79 Å². The van der Waals surface area contributed by atoms with Crippen LogP contribution in [0.5, 0.6) is 5.75 Å². The number of carbonyl (C=O) groups is 1. The van der Waals surface area contributed by atoms with E-state index >= 15 is 0 Å². The third-order valence-electron chi connectivity index (χ3n) is 3.10. The van der Waals surface area contributed by atoms with E-state index in [1.807, 2.05) is 31.2 Å². The number of carbonyl (C=O) groups excluding carboxylic acids is 1. The van der Waals surface area contributed by atoms with Crippen LogP contribution in [-0.4, -0.2) is 49.1 Å². The highest BCUT2D eigenvalue weighted by Crippen LogP contribution is 2.13. The zero-order valence-electron chi connectivity index (χ0n) is 12.6. The van der Waals surface area contributed by atoms with E-state index in [0.29, 0.717) is 18.1 Å². The van der Waals surface area contributed by atoms with E-state index in [2.05, 4.69) is 10.2 Å². The van der Waals surface area contributed by atoms with Gasteiger partial charge in [-0.3, -0.25) is 9.69 Å². The molecule has 0 saturated heterocycles. The summed E-state index contributed by atoms with van der Waals surface area (Å²) in [6.07, 6.45) is 0.849. The van der Waals surface area contributed by atoms with Gasteiger partial charge >= 0.3 is 0 Å². The first-order chi connectivity index (χ1) is 10.1. The van der Waals surface area contributed by atoms with Gasteiger partial charge in [0.25, 0.3) is 0 Å². The Labute approximate surface area is 131 Å². The van der Waals surface area contributed by atoms with Crippen molar-refractivity contribution in [2.45, 2.75) is 13.3 Å². The Kier molecular flexibility index (Phi) is 7.71. The van der Waals surface area contributed by atoms with Crippen molar-refractivity contribution in [3.05, 3.63) is 29.8 Å². The Morgan fingerprint density at radius 2 is 2.24 bits per heavy atom. The predicted octanol–water partition coefficient (Wildman–Crippen LogP) is 1.16. The molecular weight excluding hydrogens is 286 g/mol. The van der Waals surface area contributed by atoms with Crippen LogP contribution < -0.4 is 15.8 Å². The molecule has 0 atom stereocenters. The number of hydrogen-bond acceptors (Lipinski definition) is 4. The van der Waals surface area contributed by atoms with Gasteiger partial charge in [0.05, 0.1) is 13.2 Å². The van der Waals surface area contributed by atoms with Crippen LogP contribution in [0, 0.1) is 0 Å². The largest absolute Gasteiger partial charge is 0.494 e. The summed E-state index contributed by atoms with van der Waals surface area (Å²) >= 11 is 4.94. The van der Waals surface area contributed by atoms with Gasteiger partial charge in [-0.25, -0.2) is 0 Å². The molecule has 0 bridgehead atoms. The number of nitrogens with two attached hydrogens (primary N) is 1. The standard InChI is InChI=1S/C15H23N3O2S/c1-3-18(11-14(19)17-2)8-5-9-20-13-7-4-6-12(10-13)15(16)21/h4,6-7,10H,3,5,8-9,11H2,1-2H3,(H2,16,21)(H,17,19). The Morgan fingerprint density at radius 3 is 2.86 bits per heavy atom. The van der Waals surface area contributed by atoms with Crippen LogP contribution in [0.25, 0.3) is 0 Å². The quantitative estimate of drug-likeness (QED) is 0.529. The molecule has 0 radical (unpaired) electrons. The first-order valence-electron chi connectivity index (χ1n) is 7.02. The van der Waals surface area contributed by atoms with Gasteiger partial charge in [0, 0.05) is 19.2 Å². The second kappa shape index (κ2) is 9.31. The summed E-state index contributed by atoms with van der Waals surface area (Å²) in [6.45, 7) is 4.70. The number of benzene rings is 1. The lowest BCUT2D eigenvalue weighted by molar-refractivity contribution is -0.121. The highest BCUT2D eigenvalue weighted by atomic mass is 32.1. The van der Waals surface area contributed by atoms with E-state index in [4.69, 9.17) is 22.7 Å². The van der Waals surface area contributed by atoms with Gasteiger partial charge in [0.1, 0.15) is 10.7 Å². The van der Waals surface area contributed by atoms with Crippen LogP contribution in [0.2, 0.25) is 0 Å². The van der Waals surface area contributed by atoms with Gasteiger partial charge in [-0.1, -0.05) is 31.3 Å². The van der Waals surface area contributed by atoms with Crippen LogP contribution in [0.3, 0.4) is 0 Å². The fourth-order valence-corrected chi connectivity index (χ4v) is 1.98. The molecule has 3 N–H and O–H groups in total. The van der Waals surface area contributed by atoms with E-state index in [-0.39, 0.29) is 5.91 Å². The predicted molar refractivity (Wildman–Crippen MR) is 88.6 cm³/mol. The molecule has 6 heteroatoms. The van der Waals surface area contributed by atoms with E-state index in [1.54, 1.807) is 7.05 Å². The maximum absolute atomic E-state index is 11.3. The first kappa shape index (κ1) is 17.4. The molecule has 0 heterocycles. The fraction of sp³-hybridized carbons (Fsp3) is 0.467. The smallest absolute Gasteiger partial charge is 0.233 e. The Morgan fingerprint density at radius 1 is 1.48 bits per heavy atom. The number of nitrogens with zero attached hydrogens (tertiary/aromatic N) is 1. The molecule has 0 saturated carbocycles. The van der Waals surface area contributed by atoms with E-state index in [0.717, 1.165) is 30.8 Å². The van der Waals surface area contributed by atoms with Crippen molar-refractivity contribution in [3.63, 3.8) is 0 Å². The molecule has 0 spiro atoms. The van der Waals surface area contributed by atoms with Crippen LogP contribution in [0.1, 0.15) is 18.9 Å². The first-order valence-corrected chi connectivity index (χ1v) is 7.43. The van der Waals surface area contributed by atoms with Gasteiger partial charge < -0.3 is 15.8 Å². The molecule has 0 unspecified atom stereocenters. The number of thiocarbonyl (C=S) groups is 1. The lowest BCUT2D eigenvalue weighted by Gasteiger charge is -2.19. The number of hydrogen-bond donors (Lipinski definition) is 2. The summed E-state index contributed by atoms with van der Waals surface area (Å²) in [5.41, 5.74) is 6.39. The lowest BCUT2D eigenvalue weighted by atomic mass is 10.2. The molecule has 1 rings (SSSR count). The molecule has 0 aliphatic carbocycles. The molecular formula is C15H23N3O2S. The van der Waals surface area contributed by atoms with Crippen LogP contribution in [-0.2, 0) is 4.79 Å². The normalized spacial score (nSPS) is 10.4. The van der Waals surface area contributed by atoms with Crippen molar-refractivity contribution in [2.24, 2.45) is 5.73 Å². The van der Waals surface area contributed by atoms with Gasteiger partial charge in [-0.15, -0.1) is 0 Å². The van der Waals surface area contributed by atoms with E-state index < -0.39 is 0 Å². The molecule has 0 aliphatic rings. The summed E-state index contributed by atoms with van der Waals surface area (Å²) in [5.74, 6) is 0.788. The minimum absolute atomic E-state index is 0.0296. The van der Waals surface area contributed by atoms with Crippen molar-refractivity contribution >= 4 is 23.1 Å². The minimum Gasteiger partial charge on any atom is -0.494 e. The second-order valence-electron chi connectivity index (χ2n) is 4.64. The van der Waals surface area contributed by atoms with Gasteiger partial charge in [-0.2, -0.15) is 0 Å². The molecule has 5 nitrogen and oxygen atoms in total. The van der Waals surface area contributed by atoms with Gasteiger partial charge in [0.2, 0.25) is 5.91 Å². The summed E-state index contributed by atoms with van der Waals surface area (Å²) in [5, 5.41) is 2.63. The maximum Gasteiger partial charge on any atom is 0.233 e. The number of nitrogens with one attached hydrogen (secondary N) is 1. The molecule has 116 valence electrons. The van der Waals surface area contributed by atoms with Crippen molar-refractivity contribution < 1.29 is 9.53 Å². The molecule has 1 aromatic carbocycles. The van der Waals surface area contributed by atoms with Crippen LogP contribution >= 0.6 is 12.2 Å². The average Bonchev–Trinajstić information content (AvgIpc) is 2.50. The average molecular weight is 309 g/mol. The molecule has 1 amide bonds. The monoisotopic (exact) mass is 309 g/mol. The minimum atomic E-state index is 0.0296. The molecule has 0 fully saturated rings. The van der Waals surface area contributed by atoms with Crippen LogP contribution in [0.4, 0.5) is 0 Å². The zero-order chi connectivity index (χ0) is 15.7. The summed E-state index contributed by atoms with van der Waals surface area (Å²) < 4.78 is 5.68. The topological polar surface area (TPSA) is 67.6 Å². The number of likely N-dealkylation sites (N-methyl/N-ethyl adjacent to an activating group) is 2.